The van der Waals surface area contributed by atoms with Crippen molar-refractivity contribution in [1.82, 2.24) is 10.2 Å². The molecule has 3 rings (SSSR count). The first-order chi connectivity index (χ1) is 13.7. The molecule has 2 aromatic carbocycles. The van der Waals surface area contributed by atoms with E-state index in [4.69, 9.17) is 0 Å². The quantitative estimate of drug-likeness (QED) is 0.835. The molecular weight excluding hydrogens is 381 g/mol. The van der Waals surface area contributed by atoms with E-state index in [-0.39, 0.29) is 30.9 Å². The molecule has 4 nitrogen and oxygen atoms in total. The molecule has 7 heteroatoms. The minimum atomic E-state index is -4.47. The number of amides is 2. The van der Waals surface area contributed by atoms with E-state index in [2.05, 4.69) is 5.32 Å². The van der Waals surface area contributed by atoms with Crippen molar-refractivity contribution in [2.75, 3.05) is 13.1 Å². The van der Waals surface area contributed by atoms with Crippen LogP contribution in [0, 0.1) is 5.92 Å². The lowest BCUT2D eigenvalue weighted by atomic mass is 9.87. The van der Waals surface area contributed by atoms with E-state index in [1.54, 1.807) is 41.3 Å². The maximum atomic E-state index is 13.2. The van der Waals surface area contributed by atoms with Gasteiger partial charge in [-0.15, -0.1) is 0 Å². The van der Waals surface area contributed by atoms with Crippen LogP contribution in [0.5, 0.6) is 0 Å². The first-order valence-corrected chi connectivity index (χ1v) is 9.48. The Kier molecular flexibility index (Phi) is 5.96. The molecule has 2 amide bonds. The molecule has 1 N–H and O–H groups in total. The fourth-order valence-electron chi connectivity index (χ4n) is 3.67. The number of nitrogens with one attached hydrogen (secondary N) is 1. The molecule has 1 aliphatic heterocycles. The fourth-order valence-corrected chi connectivity index (χ4v) is 3.67. The summed E-state index contributed by atoms with van der Waals surface area (Å²) in [6.07, 6.45) is -4.47. The second kappa shape index (κ2) is 8.27. The molecule has 1 saturated heterocycles. The zero-order valence-electron chi connectivity index (χ0n) is 16.2. The van der Waals surface area contributed by atoms with E-state index in [1.807, 2.05) is 13.8 Å². The summed E-state index contributed by atoms with van der Waals surface area (Å²) in [6, 6.07) is 13.6. The van der Waals surface area contributed by atoms with Gasteiger partial charge in [-0.1, -0.05) is 36.4 Å². The Labute approximate surface area is 167 Å². The third-order valence-electron chi connectivity index (χ3n) is 5.04. The van der Waals surface area contributed by atoms with Gasteiger partial charge in [0.2, 0.25) is 5.91 Å². The summed E-state index contributed by atoms with van der Waals surface area (Å²) in [7, 11) is 0. The monoisotopic (exact) mass is 404 g/mol. The van der Waals surface area contributed by atoms with E-state index >= 15 is 0 Å². The smallest absolute Gasteiger partial charge is 0.354 e. The third kappa shape index (κ3) is 4.78. The summed E-state index contributed by atoms with van der Waals surface area (Å²) in [5.74, 6) is -1.62. The molecule has 0 aliphatic carbocycles. The highest BCUT2D eigenvalue weighted by molar-refractivity contribution is 5.95. The van der Waals surface area contributed by atoms with Crippen LogP contribution in [0.2, 0.25) is 0 Å². The number of alkyl halides is 3. The molecular formula is C22H23F3N2O2. The number of benzene rings is 2. The van der Waals surface area contributed by atoms with Gasteiger partial charge in [0.1, 0.15) is 0 Å². The molecule has 0 radical (unpaired) electrons. The predicted molar refractivity (Wildman–Crippen MR) is 103 cm³/mol. The molecule has 1 aliphatic rings. The first-order valence-electron chi connectivity index (χ1n) is 9.48. The minimum Gasteiger partial charge on any atom is -0.354 e. The average molecular weight is 404 g/mol. The molecule has 2 unspecified atom stereocenters. The van der Waals surface area contributed by atoms with Crippen molar-refractivity contribution in [3.05, 3.63) is 71.3 Å². The highest BCUT2D eigenvalue weighted by Gasteiger charge is 2.41. The number of carbonyl (C=O) groups excluding carboxylic acids is 2. The normalized spacial score (nSPS) is 19.4. The van der Waals surface area contributed by atoms with E-state index < -0.39 is 23.6 Å². The van der Waals surface area contributed by atoms with Crippen LogP contribution >= 0.6 is 0 Å². The van der Waals surface area contributed by atoms with Gasteiger partial charge in [0, 0.05) is 30.6 Å². The number of hydrogen-bond acceptors (Lipinski definition) is 2. The molecule has 154 valence electrons. The molecule has 0 bridgehead atoms. The molecule has 1 fully saturated rings. The Hall–Kier alpha value is -2.83. The van der Waals surface area contributed by atoms with Gasteiger partial charge in [-0.2, -0.15) is 13.2 Å². The minimum absolute atomic E-state index is 0.108. The largest absolute Gasteiger partial charge is 0.416 e. The van der Waals surface area contributed by atoms with Gasteiger partial charge in [0.25, 0.3) is 5.91 Å². The highest BCUT2D eigenvalue weighted by Crippen LogP contribution is 2.37. The zero-order chi connectivity index (χ0) is 21.2. The highest BCUT2D eigenvalue weighted by atomic mass is 19.4. The number of rotatable bonds is 4. The number of halogens is 3. The summed E-state index contributed by atoms with van der Waals surface area (Å²) in [4.78, 5) is 27.2. The van der Waals surface area contributed by atoms with E-state index in [0.717, 1.165) is 12.1 Å². The van der Waals surface area contributed by atoms with Crippen molar-refractivity contribution in [3.8, 4) is 0 Å². The Morgan fingerprint density at radius 1 is 1.03 bits per heavy atom. The Morgan fingerprint density at radius 3 is 2.34 bits per heavy atom. The van der Waals surface area contributed by atoms with Crippen molar-refractivity contribution in [3.63, 3.8) is 0 Å². The lowest BCUT2D eigenvalue weighted by molar-refractivity contribution is -0.137. The van der Waals surface area contributed by atoms with E-state index in [1.165, 1.54) is 6.07 Å². The maximum Gasteiger partial charge on any atom is 0.416 e. The van der Waals surface area contributed by atoms with E-state index in [0.29, 0.717) is 11.1 Å². The van der Waals surface area contributed by atoms with Gasteiger partial charge in [0.05, 0.1) is 11.5 Å². The van der Waals surface area contributed by atoms with Crippen LogP contribution in [-0.2, 0) is 11.0 Å². The van der Waals surface area contributed by atoms with E-state index in [9.17, 15) is 22.8 Å². The van der Waals surface area contributed by atoms with Crippen molar-refractivity contribution >= 4 is 11.8 Å². The Balaban J connectivity index is 1.92. The summed E-state index contributed by atoms with van der Waals surface area (Å²) in [6.45, 7) is 3.98. The molecule has 2 aromatic rings. The van der Waals surface area contributed by atoms with Crippen molar-refractivity contribution in [2.45, 2.75) is 32.0 Å². The van der Waals surface area contributed by atoms with Gasteiger partial charge in [-0.25, -0.2) is 0 Å². The molecule has 0 aromatic heterocycles. The lowest BCUT2D eigenvalue weighted by Gasteiger charge is -2.20. The first kappa shape index (κ1) is 20.9. The van der Waals surface area contributed by atoms with Gasteiger partial charge >= 0.3 is 6.18 Å². The summed E-state index contributed by atoms with van der Waals surface area (Å²) >= 11 is 0. The predicted octanol–water partition coefficient (Wildman–Crippen LogP) is 4.09. The molecule has 29 heavy (non-hydrogen) atoms. The van der Waals surface area contributed by atoms with Crippen LogP contribution in [0.25, 0.3) is 0 Å². The molecule has 0 spiro atoms. The SMILES string of the molecule is CC(C)NC(=O)C1CN(C(=O)c2ccccc2)CC1c1cccc(C(F)(F)F)c1. The van der Waals surface area contributed by atoms with Gasteiger partial charge < -0.3 is 10.2 Å². The second-order valence-electron chi connectivity index (χ2n) is 7.58. The van der Waals surface area contributed by atoms with Gasteiger partial charge in [-0.3, -0.25) is 9.59 Å². The van der Waals surface area contributed by atoms with Crippen molar-refractivity contribution in [1.29, 1.82) is 0 Å². The van der Waals surface area contributed by atoms with Crippen molar-refractivity contribution < 1.29 is 22.8 Å². The number of likely N-dealkylation sites (tertiary alicyclic amines) is 1. The number of hydrogen-bond donors (Lipinski definition) is 1. The molecule has 1 heterocycles. The molecule has 0 saturated carbocycles. The topological polar surface area (TPSA) is 49.4 Å². The Morgan fingerprint density at radius 2 is 1.72 bits per heavy atom. The number of carbonyl (C=O) groups is 2. The average Bonchev–Trinajstić information content (AvgIpc) is 3.12. The van der Waals surface area contributed by atoms with Crippen molar-refractivity contribution in [2.24, 2.45) is 5.92 Å². The maximum absolute atomic E-state index is 13.2. The second-order valence-corrected chi connectivity index (χ2v) is 7.58. The zero-order valence-corrected chi connectivity index (χ0v) is 16.2. The Bertz CT molecular complexity index is 881. The molecule has 2 atom stereocenters. The van der Waals surface area contributed by atoms with Gasteiger partial charge in [0.15, 0.2) is 0 Å². The lowest BCUT2D eigenvalue weighted by Crippen LogP contribution is -2.39. The standard InChI is InChI=1S/C22H23F3N2O2/c1-14(2)26-20(28)19-13-27(21(29)15-7-4-3-5-8-15)12-18(19)16-9-6-10-17(11-16)22(23,24)25/h3-11,14,18-19H,12-13H2,1-2H3,(H,26,28). The van der Waals surface area contributed by atoms with Crippen LogP contribution < -0.4 is 5.32 Å². The van der Waals surface area contributed by atoms with Crippen LogP contribution in [0.3, 0.4) is 0 Å². The van der Waals surface area contributed by atoms with Crippen LogP contribution in [0.4, 0.5) is 13.2 Å². The third-order valence-corrected chi connectivity index (χ3v) is 5.04. The van der Waals surface area contributed by atoms with Gasteiger partial charge in [-0.05, 0) is 37.6 Å². The summed E-state index contributed by atoms with van der Waals surface area (Å²) < 4.78 is 39.5. The van der Waals surface area contributed by atoms with Crippen LogP contribution in [0.1, 0.15) is 41.3 Å². The van der Waals surface area contributed by atoms with Crippen LogP contribution in [-0.4, -0.2) is 35.8 Å². The summed E-state index contributed by atoms with van der Waals surface area (Å²) in [5, 5.41) is 2.83. The fraction of sp³-hybridized carbons (Fsp3) is 0.364. The number of nitrogens with zero attached hydrogens (tertiary/aromatic N) is 1. The summed E-state index contributed by atoms with van der Waals surface area (Å²) in [5.41, 5.74) is 0.137. The van der Waals surface area contributed by atoms with Crippen LogP contribution in [0.15, 0.2) is 54.6 Å².